The Hall–Kier alpha value is -0.490. The quantitative estimate of drug-likeness (QED) is 0.665. The zero-order chi connectivity index (χ0) is 9.10. The lowest BCUT2D eigenvalue weighted by Crippen LogP contribution is -1.96. The van der Waals surface area contributed by atoms with Crippen LogP contribution < -0.4 is 0 Å². The molecular formula is C12H14Cl. The first-order valence-electron chi connectivity index (χ1n) is 4.93. The van der Waals surface area contributed by atoms with Crippen molar-refractivity contribution in [3.63, 3.8) is 0 Å². The Labute approximate surface area is 84.9 Å². The highest BCUT2D eigenvalue weighted by molar-refractivity contribution is 6.31. The highest BCUT2D eigenvalue weighted by Gasteiger charge is 2.16. The second-order valence-electron chi connectivity index (χ2n) is 3.73. The van der Waals surface area contributed by atoms with Gasteiger partial charge in [-0.05, 0) is 36.8 Å². The molecule has 1 aromatic carbocycles. The van der Waals surface area contributed by atoms with E-state index in [4.69, 9.17) is 11.6 Å². The number of rotatable bonds is 2. The highest BCUT2D eigenvalue weighted by atomic mass is 35.5. The van der Waals surface area contributed by atoms with Crippen molar-refractivity contribution in [2.75, 3.05) is 0 Å². The van der Waals surface area contributed by atoms with E-state index in [0.717, 1.165) is 11.4 Å². The summed E-state index contributed by atoms with van der Waals surface area (Å²) < 4.78 is 0. The fraction of sp³-hybridized carbons (Fsp3) is 0.417. The normalized spacial score (nSPS) is 17.9. The molecule has 1 aliphatic rings. The van der Waals surface area contributed by atoms with E-state index >= 15 is 0 Å². The second kappa shape index (κ2) is 4.15. The van der Waals surface area contributed by atoms with Crippen molar-refractivity contribution in [3.05, 3.63) is 40.8 Å². The van der Waals surface area contributed by atoms with E-state index in [1.54, 1.807) is 5.92 Å². The van der Waals surface area contributed by atoms with Crippen molar-refractivity contribution in [1.82, 2.24) is 0 Å². The number of benzene rings is 1. The first-order valence-corrected chi connectivity index (χ1v) is 5.31. The minimum Gasteiger partial charge on any atom is -0.0840 e. The maximum atomic E-state index is 6.09. The van der Waals surface area contributed by atoms with E-state index in [1.807, 2.05) is 12.1 Å². The van der Waals surface area contributed by atoms with Gasteiger partial charge in [0.25, 0.3) is 0 Å². The molecule has 0 nitrogen and oxygen atoms in total. The van der Waals surface area contributed by atoms with Gasteiger partial charge in [-0.15, -0.1) is 0 Å². The number of hydrogen-bond acceptors (Lipinski definition) is 0. The Bertz CT molecular complexity index is 274. The third kappa shape index (κ3) is 2.25. The van der Waals surface area contributed by atoms with Crippen molar-refractivity contribution >= 4 is 11.6 Å². The summed E-state index contributed by atoms with van der Waals surface area (Å²) in [6.45, 7) is 0. The molecule has 0 aromatic heterocycles. The molecule has 1 radical (unpaired) electrons. The zero-order valence-electron chi connectivity index (χ0n) is 7.72. The average Bonchev–Trinajstić information content (AvgIpc) is 2.61. The molecular weight excluding hydrogens is 180 g/mol. The maximum Gasteiger partial charge on any atom is 0.0438 e. The summed E-state index contributed by atoms with van der Waals surface area (Å²) in [5.74, 6) is 1.67. The van der Waals surface area contributed by atoms with E-state index in [2.05, 4.69) is 12.1 Å². The van der Waals surface area contributed by atoms with Crippen LogP contribution in [0.3, 0.4) is 0 Å². The Morgan fingerprint density at radius 1 is 1.08 bits per heavy atom. The number of hydrogen-bond donors (Lipinski definition) is 0. The molecule has 1 fully saturated rings. The lowest BCUT2D eigenvalue weighted by atomic mass is 9.98. The van der Waals surface area contributed by atoms with Crippen LogP contribution in [0.15, 0.2) is 24.3 Å². The Morgan fingerprint density at radius 2 is 1.77 bits per heavy atom. The van der Waals surface area contributed by atoms with E-state index in [1.165, 1.54) is 31.2 Å². The van der Waals surface area contributed by atoms with Crippen LogP contribution in [0.2, 0.25) is 5.02 Å². The molecule has 1 heteroatoms. The van der Waals surface area contributed by atoms with Crippen molar-refractivity contribution in [3.8, 4) is 0 Å². The molecule has 0 atom stereocenters. The Morgan fingerprint density at radius 3 is 2.46 bits per heavy atom. The SMILES string of the molecule is Clc1ccccc1C[C]1CCCC1. The van der Waals surface area contributed by atoms with Gasteiger partial charge in [-0.1, -0.05) is 42.6 Å². The lowest BCUT2D eigenvalue weighted by molar-refractivity contribution is 0.838. The minimum atomic E-state index is 0.918. The van der Waals surface area contributed by atoms with E-state index in [9.17, 15) is 0 Å². The van der Waals surface area contributed by atoms with Crippen LogP contribution >= 0.6 is 11.6 Å². The molecule has 2 rings (SSSR count). The molecule has 13 heavy (non-hydrogen) atoms. The van der Waals surface area contributed by atoms with Gasteiger partial charge >= 0.3 is 0 Å². The van der Waals surface area contributed by atoms with Gasteiger partial charge in [0, 0.05) is 5.02 Å². The van der Waals surface area contributed by atoms with Gasteiger partial charge in [0.05, 0.1) is 0 Å². The molecule has 0 heterocycles. The van der Waals surface area contributed by atoms with Gasteiger partial charge in [0.15, 0.2) is 0 Å². The van der Waals surface area contributed by atoms with Gasteiger partial charge < -0.3 is 0 Å². The molecule has 0 spiro atoms. The summed E-state index contributed by atoms with van der Waals surface area (Å²) in [6.07, 6.45) is 6.47. The van der Waals surface area contributed by atoms with Gasteiger partial charge in [-0.25, -0.2) is 0 Å². The van der Waals surface area contributed by atoms with Crippen LogP contribution in [0.5, 0.6) is 0 Å². The van der Waals surface area contributed by atoms with Crippen LogP contribution in [0.4, 0.5) is 0 Å². The molecule has 0 amide bonds. The van der Waals surface area contributed by atoms with Crippen molar-refractivity contribution in [2.24, 2.45) is 0 Å². The molecule has 1 aliphatic carbocycles. The minimum absolute atomic E-state index is 0.918. The summed E-state index contributed by atoms with van der Waals surface area (Å²) in [5, 5.41) is 0.918. The van der Waals surface area contributed by atoms with Crippen molar-refractivity contribution in [2.45, 2.75) is 32.1 Å². The van der Waals surface area contributed by atoms with Crippen LogP contribution in [-0.2, 0) is 6.42 Å². The predicted molar refractivity (Wildman–Crippen MR) is 56.9 cm³/mol. The van der Waals surface area contributed by atoms with Gasteiger partial charge in [-0.2, -0.15) is 0 Å². The summed E-state index contributed by atoms with van der Waals surface area (Å²) in [7, 11) is 0. The molecule has 0 unspecified atom stereocenters. The topological polar surface area (TPSA) is 0 Å². The van der Waals surface area contributed by atoms with Crippen molar-refractivity contribution < 1.29 is 0 Å². The average molecular weight is 194 g/mol. The monoisotopic (exact) mass is 193 g/mol. The van der Waals surface area contributed by atoms with Crippen LogP contribution in [-0.4, -0.2) is 0 Å². The molecule has 0 bridgehead atoms. The summed E-state index contributed by atoms with van der Waals surface area (Å²) in [4.78, 5) is 0. The van der Waals surface area contributed by atoms with Crippen LogP contribution in [0, 0.1) is 5.92 Å². The molecule has 69 valence electrons. The van der Waals surface area contributed by atoms with Crippen LogP contribution in [0.25, 0.3) is 0 Å². The van der Waals surface area contributed by atoms with Crippen molar-refractivity contribution in [1.29, 1.82) is 0 Å². The van der Waals surface area contributed by atoms with E-state index in [-0.39, 0.29) is 0 Å². The largest absolute Gasteiger partial charge is 0.0840 e. The van der Waals surface area contributed by atoms with Gasteiger partial charge in [0.2, 0.25) is 0 Å². The first kappa shape index (κ1) is 9.08. The third-order valence-electron chi connectivity index (χ3n) is 2.71. The molecule has 0 N–H and O–H groups in total. The molecule has 0 saturated heterocycles. The van der Waals surface area contributed by atoms with E-state index in [0.29, 0.717) is 0 Å². The molecule has 1 aromatic rings. The Kier molecular flexibility index (Phi) is 2.90. The van der Waals surface area contributed by atoms with Crippen LogP contribution in [0.1, 0.15) is 31.2 Å². The fourth-order valence-electron chi connectivity index (χ4n) is 1.96. The summed E-state index contributed by atoms with van der Waals surface area (Å²) in [5.41, 5.74) is 1.29. The summed E-state index contributed by atoms with van der Waals surface area (Å²) >= 11 is 6.09. The number of halogens is 1. The smallest absolute Gasteiger partial charge is 0.0438 e. The highest BCUT2D eigenvalue weighted by Crippen LogP contribution is 2.31. The van der Waals surface area contributed by atoms with E-state index < -0.39 is 0 Å². The van der Waals surface area contributed by atoms with Gasteiger partial charge in [0.1, 0.15) is 0 Å². The second-order valence-corrected chi connectivity index (χ2v) is 4.13. The molecule has 0 aliphatic heterocycles. The maximum absolute atomic E-state index is 6.09. The lowest BCUT2D eigenvalue weighted by Gasteiger charge is -2.09. The first-order chi connectivity index (χ1) is 6.36. The predicted octanol–water partition coefficient (Wildman–Crippen LogP) is 4.03. The summed E-state index contributed by atoms with van der Waals surface area (Å²) in [6, 6.07) is 8.17. The standard InChI is InChI=1S/C12H14Cl/c13-12-8-4-3-7-11(12)9-10-5-1-2-6-10/h3-4,7-8H,1-2,5-6,9H2. The fourth-order valence-corrected chi connectivity index (χ4v) is 2.17. The molecule has 1 saturated carbocycles. The van der Waals surface area contributed by atoms with Gasteiger partial charge in [-0.3, -0.25) is 0 Å². The zero-order valence-corrected chi connectivity index (χ0v) is 8.48. The Balaban J connectivity index is 2.04. The third-order valence-corrected chi connectivity index (χ3v) is 3.08.